The lowest BCUT2D eigenvalue weighted by Crippen LogP contribution is -2.46. The van der Waals surface area contributed by atoms with Crippen LogP contribution in [0.2, 0.25) is 0 Å². The number of methoxy groups -OCH3 is 2. The number of hydrogen-bond donors (Lipinski definition) is 0. The average molecular weight is 399 g/mol. The second-order valence-electron chi connectivity index (χ2n) is 7.41. The van der Waals surface area contributed by atoms with Gasteiger partial charge in [0, 0.05) is 17.2 Å². The molecule has 0 spiro atoms. The van der Waals surface area contributed by atoms with E-state index in [1.54, 1.807) is 32.6 Å². The molecule has 2 aromatic rings. The first-order valence-corrected chi connectivity index (χ1v) is 9.95. The summed E-state index contributed by atoms with van der Waals surface area (Å²) in [6.07, 6.45) is 5.91. The number of nitrogens with zero attached hydrogens (tertiary/aromatic N) is 2. The van der Waals surface area contributed by atoms with Crippen LogP contribution in [0.4, 0.5) is 0 Å². The molecule has 2 heterocycles. The van der Waals surface area contributed by atoms with Gasteiger partial charge in [-0.25, -0.2) is 0 Å². The predicted octanol–water partition coefficient (Wildman–Crippen LogP) is 3.76. The quantitative estimate of drug-likeness (QED) is 0.634. The van der Waals surface area contributed by atoms with Gasteiger partial charge in [-0.2, -0.15) is 0 Å². The maximum Gasteiger partial charge on any atom is 0.254 e. The van der Waals surface area contributed by atoms with Crippen molar-refractivity contribution in [1.82, 2.24) is 9.80 Å². The van der Waals surface area contributed by atoms with Crippen molar-refractivity contribution < 1.29 is 18.7 Å². The molecule has 0 N–H and O–H groups in total. The van der Waals surface area contributed by atoms with Crippen LogP contribution in [-0.2, 0) is 13.0 Å². The van der Waals surface area contributed by atoms with Crippen molar-refractivity contribution in [3.63, 3.8) is 0 Å². The highest BCUT2D eigenvalue weighted by Crippen LogP contribution is 2.34. The number of likely N-dealkylation sites (tertiary alicyclic amines) is 1. The van der Waals surface area contributed by atoms with Gasteiger partial charge < -0.3 is 23.7 Å². The van der Waals surface area contributed by atoms with Gasteiger partial charge in [-0.3, -0.25) is 4.79 Å². The number of allylic oxidation sites excluding steroid dienone is 1. The highest BCUT2D eigenvalue weighted by atomic mass is 16.5. The molecule has 0 radical (unpaired) electrons. The molecule has 1 aromatic carbocycles. The molecule has 1 aliphatic heterocycles. The number of furan rings is 1. The highest BCUT2D eigenvalue weighted by molar-refractivity contribution is 5.95. The van der Waals surface area contributed by atoms with E-state index in [-0.39, 0.29) is 11.9 Å². The predicted molar refractivity (Wildman–Crippen MR) is 113 cm³/mol. The minimum atomic E-state index is -0.0257. The van der Waals surface area contributed by atoms with E-state index in [1.165, 1.54) is 0 Å². The first kappa shape index (κ1) is 21.0. The lowest BCUT2D eigenvalue weighted by molar-refractivity contribution is 0.0550. The van der Waals surface area contributed by atoms with Crippen LogP contribution >= 0.6 is 0 Å². The number of hydrogen-bond acceptors (Lipinski definition) is 5. The normalized spacial score (nSPS) is 15.1. The molecular formula is C23H30N2O4. The molecule has 0 saturated carbocycles. The standard InChI is InChI=1S/C23H30N2O4/c1-5-7-17-14-18(15-21(27-3)22(17)28-4)23(26)25(16-20-8-6-13-29-20)19-9-11-24(2)12-10-19/h5-6,8,13-15,19H,1,7,9-12,16H2,2-4H3. The van der Waals surface area contributed by atoms with Gasteiger partial charge in [-0.05, 0) is 63.7 Å². The third kappa shape index (κ3) is 4.82. The monoisotopic (exact) mass is 398 g/mol. The van der Waals surface area contributed by atoms with E-state index in [4.69, 9.17) is 13.9 Å². The Morgan fingerprint density at radius 1 is 1.31 bits per heavy atom. The molecule has 0 aliphatic carbocycles. The third-order valence-corrected chi connectivity index (χ3v) is 5.46. The minimum Gasteiger partial charge on any atom is -0.493 e. The molecule has 0 bridgehead atoms. The topological polar surface area (TPSA) is 55.2 Å². The first-order chi connectivity index (χ1) is 14.1. The van der Waals surface area contributed by atoms with Crippen molar-refractivity contribution in [2.75, 3.05) is 34.4 Å². The van der Waals surface area contributed by atoms with E-state index >= 15 is 0 Å². The van der Waals surface area contributed by atoms with Crippen LogP contribution in [0.15, 0.2) is 47.6 Å². The van der Waals surface area contributed by atoms with E-state index in [2.05, 4.69) is 18.5 Å². The van der Waals surface area contributed by atoms with E-state index < -0.39 is 0 Å². The zero-order valence-electron chi connectivity index (χ0n) is 17.5. The van der Waals surface area contributed by atoms with Gasteiger partial charge in [0.2, 0.25) is 0 Å². The molecule has 0 atom stereocenters. The Labute approximate surface area is 172 Å². The summed E-state index contributed by atoms with van der Waals surface area (Å²) in [6.45, 7) is 6.21. The van der Waals surface area contributed by atoms with Gasteiger partial charge >= 0.3 is 0 Å². The van der Waals surface area contributed by atoms with Gasteiger partial charge in [-0.15, -0.1) is 6.58 Å². The number of amides is 1. The first-order valence-electron chi connectivity index (χ1n) is 9.95. The van der Waals surface area contributed by atoms with Crippen LogP contribution in [0, 0.1) is 0 Å². The molecule has 1 amide bonds. The molecule has 1 saturated heterocycles. The fraction of sp³-hybridized carbons (Fsp3) is 0.435. The SMILES string of the molecule is C=CCc1cc(C(=O)N(Cc2ccco2)C2CCN(C)CC2)cc(OC)c1OC. The molecule has 1 aliphatic rings. The average Bonchev–Trinajstić information content (AvgIpc) is 3.25. The number of piperidine rings is 1. The van der Waals surface area contributed by atoms with Gasteiger partial charge in [0.1, 0.15) is 5.76 Å². The Morgan fingerprint density at radius 3 is 2.66 bits per heavy atom. The lowest BCUT2D eigenvalue weighted by atomic mass is 10.00. The number of benzene rings is 1. The number of carbonyl (C=O) groups is 1. The van der Waals surface area contributed by atoms with E-state index in [0.29, 0.717) is 30.0 Å². The van der Waals surface area contributed by atoms with Crippen LogP contribution < -0.4 is 9.47 Å². The summed E-state index contributed by atoms with van der Waals surface area (Å²) in [5.74, 6) is 1.95. The Kier molecular flexibility index (Phi) is 6.99. The Bertz CT molecular complexity index is 824. The van der Waals surface area contributed by atoms with Gasteiger partial charge in [0.15, 0.2) is 11.5 Å². The molecule has 156 valence electrons. The van der Waals surface area contributed by atoms with Crippen molar-refractivity contribution in [1.29, 1.82) is 0 Å². The van der Waals surface area contributed by atoms with Crippen LogP contribution in [-0.4, -0.2) is 56.1 Å². The fourth-order valence-electron chi connectivity index (χ4n) is 3.88. The summed E-state index contributed by atoms with van der Waals surface area (Å²) in [5.41, 5.74) is 1.47. The van der Waals surface area contributed by atoms with E-state index in [9.17, 15) is 4.79 Å². The largest absolute Gasteiger partial charge is 0.493 e. The highest BCUT2D eigenvalue weighted by Gasteiger charge is 2.29. The summed E-state index contributed by atoms with van der Waals surface area (Å²) in [7, 11) is 5.31. The summed E-state index contributed by atoms with van der Waals surface area (Å²) < 4.78 is 16.6. The van der Waals surface area contributed by atoms with Crippen LogP contribution in [0.5, 0.6) is 11.5 Å². The molecule has 1 fully saturated rings. The zero-order chi connectivity index (χ0) is 20.8. The summed E-state index contributed by atoms with van der Waals surface area (Å²) >= 11 is 0. The van der Waals surface area contributed by atoms with Gasteiger partial charge in [-0.1, -0.05) is 6.08 Å². The van der Waals surface area contributed by atoms with E-state index in [1.807, 2.05) is 23.1 Å². The van der Waals surface area contributed by atoms with Crippen molar-refractivity contribution in [2.45, 2.75) is 31.8 Å². The van der Waals surface area contributed by atoms with Gasteiger partial charge in [0.05, 0.1) is 27.0 Å². The molecule has 6 nitrogen and oxygen atoms in total. The van der Waals surface area contributed by atoms with Crippen LogP contribution in [0.3, 0.4) is 0 Å². The maximum absolute atomic E-state index is 13.6. The number of ether oxygens (including phenoxy) is 2. The Balaban J connectivity index is 1.95. The summed E-state index contributed by atoms with van der Waals surface area (Å²) in [4.78, 5) is 17.9. The molecule has 6 heteroatoms. The second-order valence-corrected chi connectivity index (χ2v) is 7.41. The minimum absolute atomic E-state index is 0.0257. The summed E-state index contributed by atoms with van der Waals surface area (Å²) in [5, 5.41) is 0. The third-order valence-electron chi connectivity index (χ3n) is 5.46. The smallest absolute Gasteiger partial charge is 0.254 e. The van der Waals surface area contributed by atoms with Crippen molar-refractivity contribution in [3.8, 4) is 11.5 Å². The Morgan fingerprint density at radius 2 is 2.07 bits per heavy atom. The van der Waals surface area contributed by atoms with Crippen molar-refractivity contribution in [2.24, 2.45) is 0 Å². The van der Waals surface area contributed by atoms with Crippen LogP contribution in [0.25, 0.3) is 0 Å². The molecule has 3 rings (SSSR count). The maximum atomic E-state index is 13.6. The van der Waals surface area contributed by atoms with Gasteiger partial charge in [0.25, 0.3) is 5.91 Å². The Hall–Kier alpha value is -2.73. The van der Waals surface area contributed by atoms with Crippen molar-refractivity contribution >= 4 is 5.91 Å². The zero-order valence-corrected chi connectivity index (χ0v) is 17.5. The van der Waals surface area contributed by atoms with Crippen LogP contribution in [0.1, 0.15) is 34.5 Å². The van der Waals surface area contributed by atoms with E-state index in [0.717, 1.165) is 37.3 Å². The fourth-order valence-corrected chi connectivity index (χ4v) is 3.88. The lowest BCUT2D eigenvalue weighted by Gasteiger charge is -2.37. The number of carbonyl (C=O) groups excluding carboxylic acids is 1. The molecular weight excluding hydrogens is 368 g/mol. The summed E-state index contributed by atoms with van der Waals surface area (Å²) in [6, 6.07) is 7.57. The molecule has 1 aromatic heterocycles. The number of rotatable bonds is 8. The molecule has 0 unspecified atom stereocenters. The van der Waals surface area contributed by atoms with Crippen molar-refractivity contribution in [3.05, 3.63) is 60.1 Å². The molecule has 29 heavy (non-hydrogen) atoms. The second kappa shape index (κ2) is 9.65.